The lowest BCUT2D eigenvalue weighted by atomic mass is 10.0. The summed E-state index contributed by atoms with van der Waals surface area (Å²) in [7, 11) is 0. The predicted molar refractivity (Wildman–Crippen MR) is 100 cm³/mol. The fourth-order valence-electron chi connectivity index (χ4n) is 2.40. The smallest absolute Gasteiger partial charge is 0.120 e. The first-order valence-electron chi connectivity index (χ1n) is 7.45. The Morgan fingerprint density at radius 3 is 2.48 bits per heavy atom. The zero-order chi connectivity index (χ0) is 16.1. The first-order chi connectivity index (χ1) is 11.2. The van der Waals surface area contributed by atoms with Crippen LogP contribution in [0.3, 0.4) is 0 Å². The molecule has 0 atom stereocenters. The van der Waals surface area contributed by atoms with Gasteiger partial charge in [-0.2, -0.15) is 0 Å². The number of hydrogen-bond donors (Lipinski definition) is 0. The largest absolute Gasteiger partial charge is 0.489 e. The Morgan fingerprint density at radius 2 is 1.70 bits per heavy atom. The number of hydrogen-bond acceptors (Lipinski definition) is 1. The monoisotopic (exact) mass is 364 g/mol. The maximum absolute atomic E-state index is 5.91. The molecule has 0 aromatic heterocycles. The highest BCUT2D eigenvalue weighted by molar-refractivity contribution is 9.10. The van der Waals surface area contributed by atoms with Gasteiger partial charge in [-0.1, -0.05) is 71.0 Å². The Bertz CT molecular complexity index is 809. The first-order valence-corrected chi connectivity index (χ1v) is 8.24. The molecule has 0 unspecified atom stereocenters. The van der Waals surface area contributed by atoms with Gasteiger partial charge >= 0.3 is 0 Å². The molecule has 3 aromatic rings. The highest BCUT2D eigenvalue weighted by Crippen LogP contribution is 2.28. The van der Waals surface area contributed by atoms with Gasteiger partial charge in [0.2, 0.25) is 0 Å². The summed E-state index contributed by atoms with van der Waals surface area (Å²) in [5, 5.41) is 0. The van der Waals surface area contributed by atoms with Crippen LogP contribution < -0.4 is 4.74 Å². The van der Waals surface area contributed by atoms with Gasteiger partial charge in [0.1, 0.15) is 12.4 Å². The molecule has 0 heterocycles. The highest BCUT2D eigenvalue weighted by Gasteiger charge is 2.03. The van der Waals surface area contributed by atoms with Crippen molar-refractivity contribution in [3.05, 3.63) is 95.0 Å². The summed E-state index contributed by atoms with van der Waals surface area (Å²) in [6.45, 7) is 4.41. The quantitative estimate of drug-likeness (QED) is 0.513. The van der Waals surface area contributed by atoms with Gasteiger partial charge in [-0.05, 0) is 52.6 Å². The van der Waals surface area contributed by atoms with Crippen molar-refractivity contribution >= 4 is 22.0 Å². The van der Waals surface area contributed by atoms with Crippen molar-refractivity contribution in [3.63, 3.8) is 0 Å². The summed E-state index contributed by atoms with van der Waals surface area (Å²) < 4.78 is 6.95. The van der Waals surface area contributed by atoms with E-state index in [-0.39, 0.29) is 0 Å². The molecule has 114 valence electrons. The van der Waals surface area contributed by atoms with Crippen LogP contribution >= 0.6 is 15.9 Å². The summed E-state index contributed by atoms with van der Waals surface area (Å²) in [4.78, 5) is 0. The first kappa shape index (κ1) is 15.6. The molecule has 0 spiro atoms. The van der Waals surface area contributed by atoms with Crippen molar-refractivity contribution in [2.75, 3.05) is 0 Å². The SMILES string of the molecule is C=Cc1cc(Br)cc(-c2cccc(OCc3ccccc3)c2)c1. The molecule has 0 aliphatic carbocycles. The highest BCUT2D eigenvalue weighted by atomic mass is 79.9. The van der Waals surface area contributed by atoms with Gasteiger partial charge < -0.3 is 4.74 Å². The summed E-state index contributed by atoms with van der Waals surface area (Å²) in [6.07, 6.45) is 1.85. The van der Waals surface area contributed by atoms with Gasteiger partial charge in [0.25, 0.3) is 0 Å². The van der Waals surface area contributed by atoms with Gasteiger partial charge in [-0.3, -0.25) is 0 Å². The molecule has 0 amide bonds. The van der Waals surface area contributed by atoms with Crippen LogP contribution in [0.25, 0.3) is 17.2 Å². The lowest BCUT2D eigenvalue weighted by Gasteiger charge is -2.09. The van der Waals surface area contributed by atoms with Crippen molar-refractivity contribution in [2.24, 2.45) is 0 Å². The number of rotatable bonds is 5. The lowest BCUT2D eigenvalue weighted by Crippen LogP contribution is -1.95. The standard InChI is InChI=1S/C21H17BrO/c1-2-16-11-19(13-20(22)12-16)18-9-6-10-21(14-18)23-15-17-7-4-3-5-8-17/h2-14H,1,15H2. The topological polar surface area (TPSA) is 9.23 Å². The minimum Gasteiger partial charge on any atom is -0.489 e. The van der Waals surface area contributed by atoms with E-state index in [0.717, 1.165) is 32.5 Å². The van der Waals surface area contributed by atoms with Crippen LogP contribution in [-0.4, -0.2) is 0 Å². The van der Waals surface area contributed by atoms with Gasteiger partial charge in [-0.15, -0.1) is 0 Å². The summed E-state index contributed by atoms with van der Waals surface area (Å²) >= 11 is 3.55. The third-order valence-electron chi connectivity index (χ3n) is 3.57. The van der Waals surface area contributed by atoms with E-state index in [2.05, 4.69) is 58.9 Å². The van der Waals surface area contributed by atoms with E-state index in [9.17, 15) is 0 Å². The van der Waals surface area contributed by atoms with Crippen LogP contribution in [0.2, 0.25) is 0 Å². The Morgan fingerprint density at radius 1 is 0.870 bits per heavy atom. The molecule has 0 bridgehead atoms. The van der Waals surface area contributed by atoms with Crippen LogP contribution in [0.15, 0.2) is 83.8 Å². The van der Waals surface area contributed by atoms with Crippen LogP contribution in [0.1, 0.15) is 11.1 Å². The lowest BCUT2D eigenvalue weighted by molar-refractivity contribution is 0.306. The maximum Gasteiger partial charge on any atom is 0.120 e. The molecule has 1 nitrogen and oxygen atoms in total. The Hall–Kier alpha value is -2.32. The van der Waals surface area contributed by atoms with E-state index in [0.29, 0.717) is 6.61 Å². The summed E-state index contributed by atoms with van der Waals surface area (Å²) in [6, 6.07) is 24.6. The van der Waals surface area contributed by atoms with Gasteiger partial charge in [-0.25, -0.2) is 0 Å². The predicted octanol–water partition coefficient (Wildman–Crippen LogP) is 6.34. The van der Waals surface area contributed by atoms with E-state index >= 15 is 0 Å². The van der Waals surface area contributed by atoms with Crippen molar-refractivity contribution in [1.82, 2.24) is 0 Å². The van der Waals surface area contributed by atoms with Crippen molar-refractivity contribution in [1.29, 1.82) is 0 Å². The summed E-state index contributed by atoms with van der Waals surface area (Å²) in [5.74, 6) is 0.867. The van der Waals surface area contributed by atoms with Crippen molar-refractivity contribution in [2.45, 2.75) is 6.61 Å². The Labute approximate surface area is 145 Å². The molecule has 0 aliphatic rings. The van der Waals surface area contributed by atoms with Gasteiger partial charge in [0, 0.05) is 4.47 Å². The minimum absolute atomic E-state index is 0.570. The fraction of sp³-hybridized carbons (Fsp3) is 0.0476. The number of ether oxygens (including phenoxy) is 1. The third-order valence-corrected chi connectivity index (χ3v) is 4.03. The second-order valence-corrected chi connectivity index (χ2v) is 6.20. The zero-order valence-corrected chi connectivity index (χ0v) is 14.3. The molecule has 2 heteroatoms. The molecule has 0 saturated heterocycles. The van der Waals surface area contributed by atoms with E-state index in [1.807, 2.05) is 42.5 Å². The molecular weight excluding hydrogens is 348 g/mol. The second-order valence-electron chi connectivity index (χ2n) is 5.28. The zero-order valence-electron chi connectivity index (χ0n) is 12.7. The Kier molecular flexibility index (Phi) is 4.94. The Balaban J connectivity index is 1.82. The molecule has 3 rings (SSSR count). The minimum atomic E-state index is 0.570. The number of benzene rings is 3. The van der Waals surface area contributed by atoms with Crippen LogP contribution in [0.4, 0.5) is 0 Å². The van der Waals surface area contributed by atoms with Crippen molar-refractivity contribution in [3.8, 4) is 16.9 Å². The van der Waals surface area contributed by atoms with Crippen LogP contribution in [-0.2, 0) is 6.61 Å². The van der Waals surface area contributed by atoms with E-state index in [4.69, 9.17) is 4.74 Å². The molecule has 0 radical (unpaired) electrons. The maximum atomic E-state index is 5.91. The molecule has 0 N–H and O–H groups in total. The molecular formula is C21H17BrO. The molecule has 3 aromatic carbocycles. The van der Waals surface area contributed by atoms with E-state index < -0.39 is 0 Å². The van der Waals surface area contributed by atoms with Crippen molar-refractivity contribution < 1.29 is 4.74 Å². The normalized spacial score (nSPS) is 10.3. The molecule has 0 aliphatic heterocycles. The summed E-state index contributed by atoms with van der Waals surface area (Å²) in [5.41, 5.74) is 4.51. The number of halogens is 1. The van der Waals surface area contributed by atoms with Crippen LogP contribution in [0, 0.1) is 0 Å². The molecule has 0 fully saturated rings. The van der Waals surface area contributed by atoms with E-state index in [1.54, 1.807) is 0 Å². The molecule has 23 heavy (non-hydrogen) atoms. The van der Waals surface area contributed by atoms with E-state index in [1.165, 1.54) is 0 Å². The van der Waals surface area contributed by atoms with Gasteiger partial charge in [0.05, 0.1) is 0 Å². The van der Waals surface area contributed by atoms with Gasteiger partial charge in [0.15, 0.2) is 0 Å². The molecule has 0 saturated carbocycles. The average molecular weight is 365 g/mol. The average Bonchev–Trinajstić information content (AvgIpc) is 2.60. The fourth-order valence-corrected chi connectivity index (χ4v) is 2.91. The third kappa shape index (κ3) is 4.11. The second kappa shape index (κ2) is 7.30. The van der Waals surface area contributed by atoms with Crippen LogP contribution in [0.5, 0.6) is 5.75 Å².